The fraction of sp³-hybridized carbons (Fsp3) is 0.167. The highest BCUT2D eigenvalue weighted by Gasteiger charge is 2.29. The standard InChI is InChI=1S/C24H24ClN3O5S/c1-17-12-20(28(16-24(29)30)34(31,32)23-5-3-2-4-22(23)25)14-21(13-17)33-11-10-18-6-8-19(9-7-18)15-27-26/h2-9,12-15H,10-11,16,26H2,1H3,(H,29,30). The number of ether oxygens (including phenoxy) is 1. The van der Waals surface area contributed by atoms with Gasteiger partial charge in [-0.15, -0.1) is 0 Å². The Labute approximate surface area is 203 Å². The number of carboxylic acid groups (broad SMARTS) is 1. The molecule has 0 radical (unpaired) electrons. The number of halogens is 1. The number of nitrogens with zero attached hydrogens (tertiary/aromatic N) is 2. The van der Waals surface area contributed by atoms with Crippen LogP contribution in [-0.2, 0) is 21.2 Å². The lowest BCUT2D eigenvalue weighted by Gasteiger charge is -2.24. The van der Waals surface area contributed by atoms with Crippen molar-refractivity contribution in [2.24, 2.45) is 10.9 Å². The van der Waals surface area contributed by atoms with E-state index in [1.807, 2.05) is 24.3 Å². The van der Waals surface area contributed by atoms with Gasteiger partial charge in [0.1, 0.15) is 17.2 Å². The van der Waals surface area contributed by atoms with E-state index in [1.54, 1.807) is 31.3 Å². The Morgan fingerprint density at radius 1 is 1.15 bits per heavy atom. The molecule has 0 atom stereocenters. The summed E-state index contributed by atoms with van der Waals surface area (Å²) in [6.45, 7) is 1.34. The molecule has 178 valence electrons. The van der Waals surface area contributed by atoms with Crippen LogP contribution in [-0.4, -0.2) is 38.9 Å². The molecule has 0 aliphatic rings. The Morgan fingerprint density at radius 3 is 2.50 bits per heavy atom. The molecule has 0 saturated heterocycles. The zero-order valence-corrected chi connectivity index (χ0v) is 20.0. The van der Waals surface area contributed by atoms with Gasteiger partial charge in [0.25, 0.3) is 10.0 Å². The van der Waals surface area contributed by atoms with Crippen LogP contribution in [0.1, 0.15) is 16.7 Å². The van der Waals surface area contributed by atoms with Crippen LogP contribution in [0.2, 0.25) is 5.02 Å². The number of aryl methyl sites for hydroxylation is 1. The summed E-state index contributed by atoms with van der Waals surface area (Å²) in [4.78, 5) is 11.3. The summed E-state index contributed by atoms with van der Waals surface area (Å²) in [6.07, 6.45) is 2.16. The molecule has 0 bridgehead atoms. The second-order valence-electron chi connectivity index (χ2n) is 7.46. The zero-order valence-electron chi connectivity index (χ0n) is 18.4. The molecule has 0 heterocycles. The third-order valence-electron chi connectivity index (χ3n) is 4.87. The minimum Gasteiger partial charge on any atom is -0.493 e. The molecule has 3 aromatic rings. The minimum absolute atomic E-state index is 0.00534. The van der Waals surface area contributed by atoms with E-state index < -0.39 is 22.5 Å². The van der Waals surface area contributed by atoms with Crippen LogP contribution in [0, 0.1) is 6.92 Å². The third-order valence-corrected chi connectivity index (χ3v) is 7.14. The van der Waals surface area contributed by atoms with Gasteiger partial charge < -0.3 is 15.7 Å². The largest absolute Gasteiger partial charge is 0.493 e. The number of carbonyl (C=O) groups is 1. The highest BCUT2D eigenvalue weighted by molar-refractivity contribution is 7.93. The molecule has 34 heavy (non-hydrogen) atoms. The van der Waals surface area contributed by atoms with Crippen molar-refractivity contribution < 1.29 is 23.1 Å². The van der Waals surface area contributed by atoms with Crippen molar-refractivity contribution in [3.8, 4) is 5.75 Å². The molecule has 0 fully saturated rings. The predicted molar refractivity (Wildman–Crippen MR) is 132 cm³/mol. The van der Waals surface area contributed by atoms with Gasteiger partial charge in [0.15, 0.2) is 0 Å². The van der Waals surface area contributed by atoms with Crippen molar-refractivity contribution >= 4 is 39.5 Å². The van der Waals surface area contributed by atoms with E-state index in [9.17, 15) is 18.3 Å². The molecule has 10 heteroatoms. The number of hydrogen-bond acceptors (Lipinski definition) is 6. The fourth-order valence-corrected chi connectivity index (χ4v) is 5.20. The maximum absolute atomic E-state index is 13.3. The number of benzene rings is 3. The maximum Gasteiger partial charge on any atom is 0.324 e. The lowest BCUT2D eigenvalue weighted by Crippen LogP contribution is -2.36. The molecule has 3 aromatic carbocycles. The fourth-order valence-electron chi connectivity index (χ4n) is 3.31. The van der Waals surface area contributed by atoms with Gasteiger partial charge in [-0.3, -0.25) is 9.10 Å². The van der Waals surface area contributed by atoms with Gasteiger partial charge in [-0.1, -0.05) is 48.0 Å². The van der Waals surface area contributed by atoms with Crippen LogP contribution >= 0.6 is 11.6 Å². The lowest BCUT2D eigenvalue weighted by molar-refractivity contribution is -0.135. The Balaban J connectivity index is 1.84. The molecule has 0 saturated carbocycles. The molecular weight excluding hydrogens is 478 g/mol. The van der Waals surface area contributed by atoms with E-state index in [-0.39, 0.29) is 15.6 Å². The van der Waals surface area contributed by atoms with Crippen molar-refractivity contribution in [1.29, 1.82) is 0 Å². The average molecular weight is 502 g/mol. The molecule has 0 aliphatic heterocycles. The van der Waals surface area contributed by atoms with Gasteiger partial charge >= 0.3 is 5.97 Å². The Bertz CT molecular complexity index is 1290. The number of hydrogen-bond donors (Lipinski definition) is 2. The Morgan fingerprint density at radius 2 is 1.85 bits per heavy atom. The maximum atomic E-state index is 13.3. The predicted octanol–water partition coefficient (Wildman–Crippen LogP) is 3.84. The number of sulfonamides is 1. The van der Waals surface area contributed by atoms with Crippen LogP contribution in [0.3, 0.4) is 0 Å². The number of carboxylic acids is 1. The average Bonchev–Trinajstić information content (AvgIpc) is 2.78. The topological polar surface area (TPSA) is 122 Å². The number of rotatable bonds is 10. The first-order valence-corrected chi connectivity index (χ1v) is 12.1. The molecule has 0 unspecified atom stereocenters. The van der Waals surface area contributed by atoms with Gasteiger partial charge in [0.05, 0.1) is 23.5 Å². The van der Waals surface area contributed by atoms with Crippen LogP contribution in [0.5, 0.6) is 5.75 Å². The first kappa shape index (κ1) is 25.1. The second kappa shape index (κ2) is 11.0. The van der Waals surface area contributed by atoms with Crippen molar-refractivity contribution in [2.45, 2.75) is 18.2 Å². The van der Waals surface area contributed by atoms with Crippen molar-refractivity contribution in [3.63, 3.8) is 0 Å². The van der Waals surface area contributed by atoms with E-state index in [2.05, 4.69) is 5.10 Å². The Hall–Kier alpha value is -3.56. The van der Waals surface area contributed by atoms with E-state index in [4.69, 9.17) is 22.2 Å². The highest BCUT2D eigenvalue weighted by atomic mass is 35.5. The third kappa shape index (κ3) is 6.27. The SMILES string of the molecule is Cc1cc(OCCc2ccc(C=NN)cc2)cc(N(CC(=O)O)S(=O)(=O)c2ccccc2Cl)c1. The van der Waals surface area contributed by atoms with E-state index in [0.29, 0.717) is 24.3 Å². The van der Waals surface area contributed by atoms with Crippen molar-refractivity contribution in [2.75, 3.05) is 17.5 Å². The minimum atomic E-state index is -4.24. The van der Waals surface area contributed by atoms with Gasteiger partial charge in [-0.05, 0) is 47.9 Å². The molecule has 3 rings (SSSR count). The number of aliphatic carboxylic acids is 1. The normalized spacial score (nSPS) is 11.5. The lowest BCUT2D eigenvalue weighted by atomic mass is 10.1. The summed E-state index contributed by atoms with van der Waals surface area (Å²) in [5, 5.41) is 12.9. The van der Waals surface area contributed by atoms with Gasteiger partial charge in [0, 0.05) is 12.5 Å². The van der Waals surface area contributed by atoms with E-state index >= 15 is 0 Å². The van der Waals surface area contributed by atoms with E-state index in [1.165, 1.54) is 24.3 Å². The van der Waals surface area contributed by atoms with E-state index in [0.717, 1.165) is 15.4 Å². The number of nitrogens with two attached hydrogens (primary N) is 1. The summed E-state index contributed by atoms with van der Waals surface area (Å²) in [7, 11) is -4.24. The first-order chi connectivity index (χ1) is 16.2. The van der Waals surface area contributed by atoms with Gasteiger partial charge in [0.2, 0.25) is 0 Å². The molecule has 0 spiro atoms. The quantitative estimate of drug-likeness (QED) is 0.247. The summed E-state index contributed by atoms with van der Waals surface area (Å²) in [5.74, 6) is 4.27. The van der Waals surface area contributed by atoms with Gasteiger partial charge in [-0.2, -0.15) is 5.10 Å². The molecule has 0 amide bonds. The summed E-state index contributed by atoms with van der Waals surface area (Å²) in [6, 6.07) is 18.4. The van der Waals surface area contributed by atoms with Crippen LogP contribution < -0.4 is 14.9 Å². The first-order valence-electron chi connectivity index (χ1n) is 10.3. The van der Waals surface area contributed by atoms with Crippen LogP contribution in [0.25, 0.3) is 0 Å². The Kier molecular flexibility index (Phi) is 8.14. The summed E-state index contributed by atoms with van der Waals surface area (Å²) >= 11 is 6.10. The molecule has 0 aromatic heterocycles. The molecular formula is C24H24ClN3O5S. The van der Waals surface area contributed by atoms with Crippen molar-refractivity contribution in [1.82, 2.24) is 0 Å². The number of anilines is 1. The summed E-state index contributed by atoms with van der Waals surface area (Å²) in [5.41, 5.74) is 2.80. The zero-order chi connectivity index (χ0) is 24.7. The monoisotopic (exact) mass is 501 g/mol. The highest BCUT2D eigenvalue weighted by Crippen LogP contribution is 2.31. The van der Waals surface area contributed by atoms with Crippen LogP contribution in [0.4, 0.5) is 5.69 Å². The van der Waals surface area contributed by atoms with Gasteiger partial charge in [-0.25, -0.2) is 8.42 Å². The van der Waals surface area contributed by atoms with Crippen molar-refractivity contribution in [3.05, 3.63) is 88.4 Å². The second-order valence-corrected chi connectivity index (χ2v) is 9.70. The number of hydrazone groups is 1. The smallest absolute Gasteiger partial charge is 0.324 e. The molecule has 0 aliphatic carbocycles. The molecule has 3 N–H and O–H groups in total. The summed E-state index contributed by atoms with van der Waals surface area (Å²) < 4.78 is 33.3. The molecule has 8 nitrogen and oxygen atoms in total. The van der Waals surface area contributed by atoms with Crippen LogP contribution in [0.15, 0.2) is 76.7 Å².